The minimum atomic E-state index is -1.25. The maximum Gasteiger partial charge on any atom is 0.249 e. The van der Waals surface area contributed by atoms with Gasteiger partial charge in [0.15, 0.2) is 0 Å². The first-order valence-electron chi connectivity index (χ1n) is 25.1. The summed E-state index contributed by atoms with van der Waals surface area (Å²) in [5.74, 6) is -0.581. The molecule has 6 nitrogen and oxygen atoms in total. The first kappa shape index (κ1) is 55.0. The molecular formula is C50H99NO5. The number of carbonyl (C=O) groups is 1. The molecule has 0 fully saturated rings. The summed E-state index contributed by atoms with van der Waals surface area (Å²) in [5, 5.41) is 43.7. The molecule has 0 aliphatic rings. The second-order valence-corrected chi connectivity index (χ2v) is 17.5. The van der Waals surface area contributed by atoms with E-state index in [0.29, 0.717) is 12.8 Å². The van der Waals surface area contributed by atoms with Crippen LogP contribution >= 0.6 is 0 Å². The van der Waals surface area contributed by atoms with Gasteiger partial charge in [-0.15, -0.1) is 0 Å². The van der Waals surface area contributed by atoms with E-state index in [1.165, 1.54) is 205 Å². The number of amides is 1. The number of aliphatic hydroxyl groups excluding tert-OH is 4. The van der Waals surface area contributed by atoms with Crippen molar-refractivity contribution >= 4 is 5.91 Å². The predicted molar refractivity (Wildman–Crippen MR) is 242 cm³/mol. The number of hydrogen-bond acceptors (Lipinski definition) is 5. The van der Waals surface area contributed by atoms with Crippen LogP contribution in [0.5, 0.6) is 0 Å². The lowest BCUT2D eigenvalue weighted by Crippen LogP contribution is -2.53. The molecule has 0 rings (SSSR count). The van der Waals surface area contributed by atoms with Gasteiger partial charge in [-0.3, -0.25) is 4.79 Å². The Labute approximate surface area is 349 Å². The quantitative estimate of drug-likeness (QED) is 0.0311. The van der Waals surface area contributed by atoms with E-state index in [4.69, 9.17) is 0 Å². The molecule has 0 aliphatic carbocycles. The van der Waals surface area contributed by atoms with Crippen molar-refractivity contribution in [3.63, 3.8) is 0 Å². The van der Waals surface area contributed by atoms with Gasteiger partial charge in [-0.25, -0.2) is 0 Å². The number of allylic oxidation sites excluding steroid dienone is 2. The van der Waals surface area contributed by atoms with Crippen molar-refractivity contribution in [3.8, 4) is 0 Å². The number of nitrogens with one attached hydrogen (secondary N) is 1. The summed E-state index contributed by atoms with van der Waals surface area (Å²) in [6.45, 7) is 4.05. The van der Waals surface area contributed by atoms with Gasteiger partial charge in [0.1, 0.15) is 12.2 Å². The molecule has 0 saturated heterocycles. The van der Waals surface area contributed by atoms with Crippen molar-refractivity contribution in [1.82, 2.24) is 5.32 Å². The second-order valence-electron chi connectivity index (χ2n) is 17.5. The average Bonchev–Trinajstić information content (AvgIpc) is 3.20. The van der Waals surface area contributed by atoms with Crippen LogP contribution in [0.15, 0.2) is 12.2 Å². The Bertz CT molecular complexity index is 806. The largest absolute Gasteiger partial charge is 0.394 e. The van der Waals surface area contributed by atoms with Crippen LogP contribution in [0, 0.1) is 0 Å². The number of hydrogen-bond donors (Lipinski definition) is 5. The number of rotatable bonds is 46. The molecule has 0 radical (unpaired) electrons. The van der Waals surface area contributed by atoms with Crippen molar-refractivity contribution in [2.45, 2.75) is 295 Å². The summed E-state index contributed by atoms with van der Waals surface area (Å²) < 4.78 is 0. The molecule has 0 spiro atoms. The molecule has 56 heavy (non-hydrogen) atoms. The molecule has 4 unspecified atom stereocenters. The number of unbranched alkanes of at least 4 members (excludes halogenated alkanes) is 35. The Balaban J connectivity index is 3.57. The summed E-state index contributed by atoms with van der Waals surface area (Å²) in [5.41, 5.74) is 0. The van der Waals surface area contributed by atoms with Gasteiger partial charge in [-0.05, 0) is 38.5 Å². The molecule has 0 heterocycles. The number of aliphatic hydroxyl groups is 4. The maximum absolute atomic E-state index is 12.5. The highest BCUT2D eigenvalue weighted by molar-refractivity contribution is 5.80. The van der Waals surface area contributed by atoms with Crippen LogP contribution in [-0.4, -0.2) is 57.3 Å². The molecule has 1 amide bonds. The fourth-order valence-electron chi connectivity index (χ4n) is 7.99. The first-order chi connectivity index (χ1) is 27.5. The fourth-order valence-corrected chi connectivity index (χ4v) is 7.99. The monoisotopic (exact) mass is 794 g/mol. The third-order valence-electron chi connectivity index (χ3n) is 12.0. The van der Waals surface area contributed by atoms with Gasteiger partial charge in [0.2, 0.25) is 5.91 Å². The minimum absolute atomic E-state index is 0.372. The zero-order valence-corrected chi connectivity index (χ0v) is 37.7. The summed E-state index contributed by atoms with van der Waals surface area (Å²) in [7, 11) is 0. The van der Waals surface area contributed by atoms with Gasteiger partial charge < -0.3 is 25.7 Å². The van der Waals surface area contributed by atoms with Gasteiger partial charge in [0, 0.05) is 0 Å². The first-order valence-corrected chi connectivity index (χ1v) is 25.1. The highest BCUT2D eigenvalue weighted by Crippen LogP contribution is 2.17. The molecule has 4 atom stereocenters. The van der Waals surface area contributed by atoms with Crippen LogP contribution in [-0.2, 0) is 4.79 Å². The number of carbonyl (C=O) groups excluding carboxylic acids is 1. The van der Waals surface area contributed by atoms with Crippen LogP contribution in [0.3, 0.4) is 0 Å². The van der Waals surface area contributed by atoms with Gasteiger partial charge in [-0.2, -0.15) is 0 Å². The third kappa shape index (κ3) is 38.6. The zero-order valence-electron chi connectivity index (χ0n) is 37.7. The highest BCUT2D eigenvalue weighted by Gasteiger charge is 2.28. The maximum atomic E-state index is 12.5. The van der Waals surface area contributed by atoms with E-state index in [1.54, 1.807) is 0 Å². The second kappa shape index (κ2) is 45.1. The van der Waals surface area contributed by atoms with E-state index >= 15 is 0 Å². The summed E-state index contributed by atoms with van der Waals surface area (Å²) >= 11 is 0. The minimum Gasteiger partial charge on any atom is -0.394 e. The van der Waals surface area contributed by atoms with Gasteiger partial charge in [0.05, 0.1) is 18.8 Å². The fraction of sp³-hybridized carbons (Fsp3) is 0.940. The Morgan fingerprint density at radius 1 is 0.429 bits per heavy atom. The van der Waals surface area contributed by atoms with E-state index in [1.807, 2.05) is 0 Å². The Morgan fingerprint density at radius 2 is 0.714 bits per heavy atom. The molecule has 0 aromatic carbocycles. The van der Waals surface area contributed by atoms with E-state index in [2.05, 4.69) is 31.3 Å². The lowest BCUT2D eigenvalue weighted by atomic mass is 9.99. The standard InChI is InChI=1S/C50H99NO5/c1-3-5-7-9-11-13-15-16-17-18-19-20-21-22-23-24-25-26-27-28-29-30-31-32-34-36-38-40-42-44-48(54)50(56)51-46(45-52)49(55)47(53)43-41-39-37-35-33-14-12-10-8-6-4-2/h22-23,46-49,52-55H,3-21,24-45H2,1-2H3,(H,51,56)/b23-22-. The van der Waals surface area contributed by atoms with Crippen molar-refractivity contribution < 1.29 is 25.2 Å². The molecule has 0 aromatic heterocycles. The van der Waals surface area contributed by atoms with Crippen LogP contribution in [0.2, 0.25) is 0 Å². The van der Waals surface area contributed by atoms with Crippen molar-refractivity contribution in [1.29, 1.82) is 0 Å². The molecule has 0 saturated carbocycles. The van der Waals surface area contributed by atoms with Crippen LogP contribution in [0.25, 0.3) is 0 Å². The Hall–Kier alpha value is -0.950. The Kier molecular flexibility index (Phi) is 44.4. The topological polar surface area (TPSA) is 110 Å². The van der Waals surface area contributed by atoms with E-state index < -0.39 is 36.9 Å². The molecule has 0 aromatic rings. The van der Waals surface area contributed by atoms with Gasteiger partial charge in [0.25, 0.3) is 0 Å². The summed E-state index contributed by atoms with van der Waals surface area (Å²) in [4.78, 5) is 12.5. The third-order valence-corrected chi connectivity index (χ3v) is 12.0. The molecule has 334 valence electrons. The van der Waals surface area contributed by atoms with Crippen molar-refractivity contribution in [2.24, 2.45) is 0 Å². The molecule has 0 aliphatic heterocycles. The van der Waals surface area contributed by atoms with Gasteiger partial charge >= 0.3 is 0 Å². The zero-order chi connectivity index (χ0) is 41.0. The lowest BCUT2D eigenvalue weighted by Gasteiger charge is -2.27. The van der Waals surface area contributed by atoms with Crippen molar-refractivity contribution in [2.75, 3.05) is 6.61 Å². The molecule has 0 bridgehead atoms. The van der Waals surface area contributed by atoms with E-state index in [-0.39, 0.29) is 0 Å². The Morgan fingerprint density at radius 3 is 1.04 bits per heavy atom. The predicted octanol–water partition coefficient (Wildman–Crippen LogP) is 13.7. The molecule has 6 heteroatoms. The normalized spacial score (nSPS) is 14.0. The SMILES string of the molecule is CCCCCCCCCCCCCC/C=C\CCCCCCCCCCCCCCCC(O)C(=O)NC(CO)C(O)C(O)CCCCCCCCCCCCC. The van der Waals surface area contributed by atoms with Crippen molar-refractivity contribution in [3.05, 3.63) is 12.2 Å². The molecule has 5 N–H and O–H groups in total. The summed E-state index contributed by atoms with van der Waals surface area (Å²) in [6, 6.07) is -0.981. The molecular weight excluding hydrogens is 695 g/mol. The van der Waals surface area contributed by atoms with Gasteiger partial charge in [-0.1, -0.05) is 244 Å². The summed E-state index contributed by atoms with van der Waals surface area (Å²) in [6.07, 6.45) is 51.3. The lowest BCUT2D eigenvalue weighted by molar-refractivity contribution is -0.132. The van der Waals surface area contributed by atoms with E-state index in [9.17, 15) is 25.2 Å². The smallest absolute Gasteiger partial charge is 0.249 e. The van der Waals surface area contributed by atoms with Crippen LogP contribution in [0.1, 0.15) is 271 Å². The average molecular weight is 794 g/mol. The van der Waals surface area contributed by atoms with Crippen LogP contribution in [0.4, 0.5) is 0 Å². The van der Waals surface area contributed by atoms with E-state index in [0.717, 1.165) is 38.5 Å². The van der Waals surface area contributed by atoms with Crippen LogP contribution < -0.4 is 5.32 Å². The highest BCUT2D eigenvalue weighted by atomic mass is 16.3.